The SMILES string of the molecule is CCC[C@H](NC(=O)C1CCN(S(=O)(=O)c2ccc3c(ccn3C)c2)CC1)c1cccs1. The van der Waals surface area contributed by atoms with Gasteiger partial charge in [0.25, 0.3) is 0 Å². The molecule has 1 fully saturated rings. The van der Waals surface area contributed by atoms with Crippen molar-refractivity contribution in [3.8, 4) is 0 Å². The van der Waals surface area contributed by atoms with Crippen LogP contribution in [0.4, 0.5) is 0 Å². The van der Waals surface area contributed by atoms with E-state index in [0.717, 1.165) is 23.7 Å². The number of amides is 1. The van der Waals surface area contributed by atoms with Crippen LogP contribution in [0.1, 0.15) is 43.5 Å². The van der Waals surface area contributed by atoms with E-state index in [2.05, 4.69) is 18.3 Å². The Morgan fingerprint density at radius 2 is 2.00 bits per heavy atom. The normalized spacial score (nSPS) is 17.1. The van der Waals surface area contributed by atoms with Crippen molar-refractivity contribution in [2.75, 3.05) is 13.1 Å². The quantitative estimate of drug-likeness (QED) is 0.573. The van der Waals surface area contributed by atoms with Crippen molar-refractivity contribution >= 4 is 38.2 Å². The molecule has 1 atom stereocenters. The predicted molar refractivity (Wildman–Crippen MR) is 125 cm³/mol. The molecule has 1 amide bonds. The number of hydrogen-bond donors (Lipinski definition) is 1. The molecular weight excluding hydrogens is 430 g/mol. The Morgan fingerprint density at radius 3 is 2.68 bits per heavy atom. The number of benzene rings is 1. The summed E-state index contributed by atoms with van der Waals surface area (Å²) < 4.78 is 29.8. The molecule has 3 aromatic rings. The van der Waals surface area contributed by atoms with Gasteiger partial charge in [-0.2, -0.15) is 4.31 Å². The second-order valence-electron chi connectivity index (χ2n) is 8.19. The van der Waals surface area contributed by atoms with E-state index in [-0.39, 0.29) is 17.9 Å². The number of hydrogen-bond acceptors (Lipinski definition) is 4. The van der Waals surface area contributed by atoms with Crippen LogP contribution in [-0.4, -0.2) is 36.3 Å². The molecule has 0 radical (unpaired) electrons. The van der Waals surface area contributed by atoms with Crippen molar-refractivity contribution in [3.05, 3.63) is 52.9 Å². The van der Waals surface area contributed by atoms with Gasteiger partial charge in [-0.15, -0.1) is 11.3 Å². The first kappa shape index (κ1) is 22.0. The zero-order valence-corrected chi connectivity index (χ0v) is 19.6. The van der Waals surface area contributed by atoms with E-state index in [0.29, 0.717) is 30.8 Å². The van der Waals surface area contributed by atoms with E-state index in [1.165, 1.54) is 9.18 Å². The van der Waals surface area contributed by atoms with Crippen molar-refractivity contribution in [2.45, 2.75) is 43.5 Å². The molecule has 8 heteroatoms. The summed E-state index contributed by atoms with van der Waals surface area (Å²) in [5.74, 6) is -0.114. The Labute approximate surface area is 187 Å². The lowest BCUT2D eigenvalue weighted by molar-refractivity contribution is -0.126. The highest BCUT2D eigenvalue weighted by Crippen LogP contribution is 2.28. The fraction of sp³-hybridized carbons (Fsp3) is 0.435. The molecule has 1 aromatic carbocycles. The summed E-state index contributed by atoms with van der Waals surface area (Å²) in [5, 5.41) is 6.14. The monoisotopic (exact) mass is 459 g/mol. The van der Waals surface area contributed by atoms with Gasteiger partial charge < -0.3 is 9.88 Å². The molecule has 2 aromatic heterocycles. The van der Waals surface area contributed by atoms with Gasteiger partial charge in [0.05, 0.1) is 10.9 Å². The summed E-state index contributed by atoms with van der Waals surface area (Å²) in [5.41, 5.74) is 1.00. The number of piperidine rings is 1. The summed E-state index contributed by atoms with van der Waals surface area (Å²) >= 11 is 1.66. The molecule has 31 heavy (non-hydrogen) atoms. The number of aromatic nitrogens is 1. The van der Waals surface area contributed by atoms with Crippen molar-refractivity contribution in [1.82, 2.24) is 14.2 Å². The van der Waals surface area contributed by atoms with Crippen LogP contribution in [0.15, 0.2) is 52.9 Å². The van der Waals surface area contributed by atoms with Crippen LogP contribution in [0.25, 0.3) is 10.9 Å². The summed E-state index contributed by atoms with van der Waals surface area (Å²) in [7, 11) is -1.63. The lowest BCUT2D eigenvalue weighted by atomic mass is 9.96. The average molecular weight is 460 g/mol. The van der Waals surface area contributed by atoms with Gasteiger partial charge in [-0.3, -0.25) is 4.79 Å². The molecule has 0 saturated carbocycles. The molecule has 0 bridgehead atoms. The van der Waals surface area contributed by atoms with Gasteiger partial charge >= 0.3 is 0 Å². The van der Waals surface area contributed by atoms with Gasteiger partial charge in [-0.1, -0.05) is 19.4 Å². The Bertz CT molecular complexity index is 1140. The molecular formula is C23H29N3O3S2. The lowest BCUT2D eigenvalue weighted by Crippen LogP contribution is -2.43. The van der Waals surface area contributed by atoms with Gasteiger partial charge in [-0.25, -0.2) is 8.42 Å². The van der Waals surface area contributed by atoms with E-state index in [1.54, 1.807) is 23.5 Å². The molecule has 0 spiro atoms. The standard InChI is InChI=1S/C23H29N3O3S2/c1-3-5-20(22-6-4-15-30-22)24-23(27)17-10-13-26(14-11-17)31(28,29)19-7-8-21-18(16-19)9-12-25(21)2/h4,6-9,12,15-17,20H,3,5,10-11,13-14H2,1-2H3,(H,24,27)/t20-/m0/s1. The first-order chi connectivity index (χ1) is 14.9. The van der Waals surface area contributed by atoms with Gasteiger partial charge in [0.1, 0.15) is 0 Å². The molecule has 6 nitrogen and oxygen atoms in total. The van der Waals surface area contributed by atoms with Crippen LogP contribution in [0.3, 0.4) is 0 Å². The van der Waals surface area contributed by atoms with Crippen LogP contribution in [-0.2, 0) is 21.9 Å². The van der Waals surface area contributed by atoms with E-state index in [4.69, 9.17) is 0 Å². The molecule has 0 aliphatic carbocycles. The summed E-state index contributed by atoms with van der Waals surface area (Å²) in [6.45, 7) is 2.85. The highest BCUT2D eigenvalue weighted by atomic mass is 32.2. The van der Waals surface area contributed by atoms with Crippen LogP contribution in [0, 0.1) is 5.92 Å². The Kier molecular flexibility index (Phi) is 6.50. The summed E-state index contributed by atoms with van der Waals surface area (Å²) in [4.78, 5) is 14.4. The first-order valence-electron chi connectivity index (χ1n) is 10.8. The number of nitrogens with one attached hydrogen (secondary N) is 1. The van der Waals surface area contributed by atoms with E-state index in [9.17, 15) is 13.2 Å². The number of aryl methyl sites for hydroxylation is 1. The molecule has 1 aliphatic heterocycles. The van der Waals surface area contributed by atoms with Crippen LogP contribution < -0.4 is 5.32 Å². The second kappa shape index (κ2) is 9.14. The number of sulfonamides is 1. The zero-order chi connectivity index (χ0) is 22.0. The number of thiophene rings is 1. The maximum absolute atomic E-state index is 13.2. The minimum atomic E-state index is -3.57. The first-order valence-corrected chi connectivity index (χ1v) is 13.1. The number of nitrogens with zero attached hydrogens (tertiary/aromatic N) is 2. The van der Waals surface area contributed by atoms with Crippen molar-refractivity contribution in [1.29, 1.82) is 0 Å². The Balaban J connectivity index is 1.40. The van der Waals surface area contributed by atoms with Crippen LogP contribution >= 0.6 is 11.3 Å². The largest absolute Gasteiger partial charge is 0.351 e. The molecule has 4 rings (SSSR count). The number of carbonyl (C=O) groups excluding carboxylic acids is 1. The maximum atomic E-state index is 13.2. The van der Waals surface area contributed by atoms with Gasteiger partial charge in [-0.05, 0) is 55.0 Å². The third-order valence-electron chi connectivity index (χ3n) is 6.10. The fourth-order valence-electron chi connectivity index (χ4n) is 4.28. The molecule has 0 unspecified atom stereocenters. The number of fused-ring (bicyclic) bond motifs is 1. The Morgan fingerprint density at radius 1 is 1.23 bits per heavy atom. The maximum Gasteiger partial charge on any atom is 0.243 e. The smallest absolute Gasteiger partial charge is 0.243 e. The summed E-state index contributed by atoms with van der Waals surface area (Å²) in [6, 6.07) is 11.3. The molecule has 3 heterocycles. The highest BCUT2D eigenvalue weighted by molar-refractivity contribution is 7.89. The number of carbonyl (C=O) groups is 1. The molecule has 166 valence electrons. The topological polar surface area (TPSA) is 71.4 Å². The minimum Gasteiger partial charge on any atom is -0.351 e. The van der Waals surface area contributed by atoms with E-state index < -0.39 is 10.0 Å². The molecule has 1 N–H and O–H groups in total. The predicted octanol–water partition coefficient (Wildman–Crippen LogP) is 4.30. The second-order valence-corrected chi connectivity index (χ2v) is 11.1. The molecule has 1 aliphatic rings. The zero-order valence-electron chi connectivity index (χ0n) is 18.0. The Hall–Kier alpha value is -2.16. The van der Waals surface area contributed by atoms with E-state index in [1.807, 2.05) is 41.4 Å². The van der Waals surface area contributed by atoms with E-state index >= 15 is 0 Å². The lowest BCUT2D eigenvalue weighted by Gasteiger charge is -2.31. The molecule has 1 saturated heterocycles. The van der Waals surface area contributed by atoms with Crippen molar-refractivity contribution in [3.63, 3.8) is 0 Å². The third-order valence-corrected chi connectivity index (χ3v) is 8.98. The van der Waals surface area contributed by atoms with Gasteiger partial charge in [0, 0.05) is 48.0 Å². The van der Waals surface area contributed by atoms with Crippen molar-refractivity contribution in [2.24, 2.45) is 13.0 Å². The highest BCUT2D eigenvalue weighted by Gasteiger charge is 2.33. The number of rotatable bonds is 7. The minimum absolute atomic E-state index is 0.0367. The third kappa shape index (κ3) is 4.56. The van der Waals surface area contributed by atoms with Crippen molar-refractivity contribution < 1.29 is 13.2 Å². The fourth-order valence-corrected chi connectivity index (χ4v) is 6.60. The van der Waals surface area contributed by atoms with Gasteiger partial charge in [0.2, 0.25) is 15.9 Å². The summed E-state index contributed by atoms with van der Waals surface area (Å²) in [6.07, 6.45) is 4.91. The van der Waals surface area contributed by atoms with Gasteiger partial charge in [0.15, 0.2) is 0 Å². The van der Waals surface area contributed by atoms with Crippen LogP contribution in [0.5, 0.6) is 0 Å². The van der Waals surface area contributed by atoms with Crippen LogP contribution in [0.2, 0.25) is 0 Å². The average Bonchev–Trinajstić information content (AvgIpc) is 3.43.